The van der Waals surface area contributed by atoms with Gasteiger partial charge in [-0.15, -0.1) is 0 Å². The maximum Gasteiger partial charge on any atom is 0.316 e. The van der Waals surface area contributed by atoms with Crippen molar-refractivity contribution in [2.24, 2.45) is 7.05 Å². The summed E-state index contributed by atoms with van der Waals surface area (Å²) in [6.07, 6.45) is 3.01. The van der Waals surface area contributed by atoms with Crippen molar-refractivity contribution in [3.8, 4) is 17.3 Å². The summed E-state index contributed by atoms with van der Waals surface area (Å²) in [6, 6.07) is 11.7. The summed E-state index contributed by atoms with van der Waals surface area (Å²) in [4.78, 5) is 20.5. The smallest absolute Gasteiger partial charge is 0.316 e. The predicted molar refractivity (Wildman–Crippen MR) is 89.8 cm³/mol. The molecule has 3 rings (SSSR count). The Morgan fingerprint density at radius 1 is 1.21 bits per heavy atom. The minimum absolute atomic E-state index is 0.278. The third-order valence-electron chi connectivity index (χ3n) is 3.34. The number of carbonyl (C=O) groups excluding carboxylic acids is 1. The van der Waals surface area contributed by atoms with E-state index in [1.165, 1.54) is 12.4 Å². The van der Waals surface area contributed by atoms with Gasteiger partial charge in [0.1, 0.15) is 5.69 Å². The Morgan fingerprint density at radius 2 is 1.92 bits per heavy atom. The van der Waals surface area contributed by atoms with Crippen LogP contribution in [0.2, 0.25) is 0 Å². The molecular weight excluding hydrogens is 306 g/mol. The summed E-state index contributed by atoms with van der Waals surface area (Å²) >= 11 is 0. The molecule has 0 spiro atoms. The fourth-order valence-electron chi connectivity index (χ4n) is 2.21. The van der Waals surface area contributed by atoms with Crippen LogP contribution in [-0.4, -0.2) is 32.3 Å². The summed E-state index contributed by atoms with van der Waals surface area (Å²) in [5.74, 6) is -0.278. The van der Waals surface area contributed by atoms with Gasteiger partial charge in [0.2, 0.25) is 0 Å². The molecule has 1 aromatic carbocycles. The lowest BCUT2D eigenvalue weighted by molar-refractivity contribution is 0.101. The normalized spacial score (nSPS) is 10.4. The molecule has 0 fully saturated rings. The van der Waals surface area contributed by atoms with Crippen molar-refractivity contribution in [2.75, 3.05) is 11.9 Å². The SMILES string of the molecule is CCOc1ncc(NC(=O)c2cc(-c3ccccc3)nn2C)cn1. The number of nitrogens with zero attached hydrogens (tertiary/aromatic N) is 4. The third kappa shape index (κ3) is 3.40. The number of carbonyl (C=O) groups is 1. The van der Waals surface area contributed by atoms with Crippen LogP contribution in [0.5, 0.6) is 6.01 Å². The highest BCUT2D eigenvalue weighted by Crippen LogP contribution is 2.19. The van der Waals surface area contributed by atoms with Crippen molar-refractivity contribution >= 4 is 11.6 Å². The monoisotopic (exact) mass is 323 g/mol. The Hall–Kier alpha value is -3.22. The molecule has 0 saturated heterocycles. The zero-order valence-corrected chi connectivity index (χ0v) is 13.4. The highest BCUT2D eigenvalue weighted by atomic mass is 16.5. The van der Waals surface area contributed by atoms with E-state index in [0.717, 1.165) is 11.3 Å². The number of hydrogen-bond donors (Lipinski definition) is 1. The van der Waals surface area contributed by atoms with Crippen LogP contribution in [0.25, 0.3) is 11.3 Å². The molecule has 2 aromatic heterocycles. The number of hydrogen-bond acceptors (Lipinski definition) is 5. The van der Waals surface area contributed by atoms with E-state index in [2.05, 4.69) is 20.4 Å². The second kappa shape index (κ2) is 6.91. The number of amides is 1. The van der Waals surface area contributed by atoms with Gasteiger partial charge in [0.05, 0.1) is 30.4 Å². The zero-order valence-electron chi connectivity index (χ0n) is 13.4. The van der Waals surface area contributed by atoms with E-state index >= 15 is 0 Å². The average molecular weight is 323 g/mol. The molecule has 7 heteroatoms. The highest BCUT2D eigenvalue weighted by molar-refractivity contribution is 6.03. The van der Waals surface area contributed by atoms with Crippen molar-refractivity contribution in [1.29, 1.82) is 0 Å². The zero-order chi connectivity index (χ0) is 16.9. The van der Waals surface area contributed by atoms with Crippen LogP contribution in [0.3, 0.4) is 0 Å². The second-order valence-electron chi connectivity index (χ2n) is 5.05. The van der Waals surface area contributed by atoms with Gasteiger partial charge in [0.25, 0.3) is 5.91 Å². The molecule has 1 amide bonds. The van der Waals surface area contributed by atoms with Crippen LogP contribution in [0.15, 0.2) is 48.8 Å². The van der Waals surface area contributed by atoms with Crippen molar-refractivity contribution in [2.45, 2.75) is 6.92 Å². The summed E-state index contributed by atoms with van der Waals surface area (Å²) in [5.41, 5.74) is 2.64. The van der Waals surface area contributed by atoms with Crippen LogP contribution in [0, 0.1) is 0 Å². The number of anilines is 1. The first-order valence-corrected chi connectivity index (χ1v) is 7.53. The molecule has 24 heavy (non-hydrogen) atoms. The standard InChI is InChI=1S/C17H17N5O2/c1-3-24-17-18-10-13(11-19-17)20-16(23)15-9-14(21-22(15)2)12-7-5-4-6-8-12/h4-11H,3H2,1-2H3,(H,20,23). The molecular formula is C17H17N5O2. The van der Waals surface area contributed by atoms with E-state index in [1.807, 2.05) is 37.3 Å². The van der Waals surface area contributed by atoms with E-state index in [9.17, 15) is 4.79 Å². The Bertz CT molecular complexity index is 828. The summed E-state index contributed by atoms with van der Waals surface area (Å²) < 4.78 is 6.72. The molecule has 0 aliphatic heterocycles. The van der Waals surface area contributed by atoms with Crippen molar-refractivity contribution in [1.82, 2.24) is 19.7 Å². The van der Waals surface area contributed by atoms with Gasteiger partial charge < -0.3 is 10.1 Å². The van der Waals surface area contributed by atoms with E-state index in [0.29, 0.717) is 18.0 Å². The number of nitrogens with one attached hydrogen (secondary N) is 1. The van der Waals surface area contributed by atoms with E-state index in [-0.39, 0.29) is 11.9 Å². The first-order valence-electron chi connectivity index (χ1n) is 7.53. The first kappa shape index (κ1) is 15.7. The van der Waals surface area contributed by atoms with Gasteiger partial charge in [-0.25, -0.2) is 9.97 Å². The number of aryl methyl sites for hydroxylation is 1. The van der Waals surface area contributed by atoms with Crippen LogP contribution in [-0.2, 0) is 7.05 Å². The van der Waals surface area contributed by atoms with Crippen LogP contribution < -0.4 is 10.1 Å². The fourth-order valence-corrected chi connectivity index (χ4v) is 2.21. The van der Waals surface area contributed by atoms with Gasteiger partial charge in [-0.3, -0.25) is 9.48 Å². The van der Waals surface area contributed by atoms with Crippen LogP contribution in [0.1, 0.15) is 17.4 Å². The molecule has 0 atom stereocenters. The van der Waals surface area contributed by atoms with Crippen LogP contribution in [0.4, 0.5) is 5.69 Å². The van der Waals surface area contributed by atoms with Crippen molar-refractivity contribution < 1.29 is 9.53 Å². The van der Waals surface area contributed by atoms with Gasteiger partial charge in [0, 0.05) is 12.6 Å². The molecule has 7 nitrogen and oxygen atoms in total. The van der Waals surface area contributed by atoms with E-state index < -0.39 is 0 Å². The maximum absolute atomic E-state index is 12.4. The van der Waals surface area contributed by atoms with E-state index in [4.69, 9.17) is 4.74 Å². The average Bonchev–Trinajstić information content (AvgIpc) is 3.00. The largest absolute Gasteiger partial charge is 0.464 e. The molecule has 0 aliphatic carbocycles. The van der Waals surface area contributed by atoms with Gasteiger partial charge in [-0.2, -0.15) is 5.10 Å². The Balaban J connectivity index is 1.76. The molecule has 1 N–H and O–H groups in total. The summed E-state index contributed by atoms with van der Waals surface area (Å²) in [5, 5.41) is 7.14. The quantitative estimate of drug-likeness (QED) is 0.780. The molecule has 0 aliphatic rings. The number of benzene rings is 1. The molecule has 0 unspecified atom stereocenters. The minimum Gasteiger partial charge on any atom is -0.464 e. The van der Waals surface area contributed by atoms with Crippen LogP contribution >= 0.6 is 0 Å². The van der Waals surface area contributed by atoms with Gasteiger partial charge in [-0.05, 0) is 13.0 Å². The van der Waals surface area contributed by atoms with E-state index in [1.54, 1.807) is 17.8 Å². The van der Waals surface area contributed by atoms with Crippen molar-refractivity contribution in [3.05, 3.63) is 54.5 Å². The Morgan fingerprint density at radius 3 is 2.58 bits per heavy atom. The number of rotatable bonds is 5. The Kier molecular flexibility index (Phi) is 4.51. The maximum atomic E-state index is 12.4. The topological polar surface area (TPSA) is 81.9 Å². The summed E-state index contributed by atoms with van der Waals surface area (Å²) in [6.45, 7) is 2.34. The molecule has 3 aromatic rings. The molecule has 2 heterocycles. The third-order valence-corrected chi connectivity index (χ3v) is 3.34. The lowest BCUT2D eigenvalue weighted by atomic mass is 10.1. The molecule has 0 bridgehead atoms. The molecule has 0 radical (unpaired) electrons. The lowest BCUT2D eigenvalue weighted by Crippen LogP contribution is -2.16. The predicted octanol–water partition coefficient (Wildman–Crippen LogP) is 2.53. The highest BCUT2D eigenvalue weighted by Gasteiger charge is 2.14. The van der Waals surface area contributed by atoms with Gasteiger partial charge in [0.15, 0.2) is 0 Å². The first-order chi connectivity index (χ1) is 11.7. The van der Waals surface area contributed by atoms with Crippen molar-refractivity contribution in [3.63, 3.8) is 0 Å². The number of aromatic nitrogens is 4. The fraction of sp³-hybridized carbons (Fsp3) is 0.176. The minimum atomic E-state index is -0.278. The lowest BCUT2D eigenvalue weighted by Gasteiger charge is -2.05. The molecule has 122 valence electrons. The summed E-state index contributed by atoms with van der Waals surface area (Å²) in [7, 11) is 1.73. The van der Waals surface area contributed by atoms with Gasteiger partial charge >= 0.3 is 6.01 Å². The molecule has 0 saturated carbocycles. The second-order valence-corrected chi connectivity index (χ2v) is 5.05. The Labute approximate surface area is 139 Å². The number of ether oxygens (including phenoxy) is 1. The van der Waals surface area contributed by atoms with Gasteiger partial charge in [-0.1, -0.05) is 30.3 Å².